The number of halogens is 1. The monoisotopic (exact) mass is 268 g/mol. The van der Waals surface area contributed by atoms with Gasteiger partial charge in [0, 0.05) is 17.7 Å². The SMILES string of the molecule is CCCNC(C)c1ccc(F)cc1OCCC(N)=O. The molecule has 0 aliphatic carbocycles. The molecule has 19 heavy (non-hydrogen) atoms. The Balaban J connectivity index is 2.75. The average molecular weight is 268 g/mol. The van der Waals surface area contributed by atoms with Gasteiger partial charge in [-0.05, 0) is 26.0 Å². The number of hydrogen-bond acceptors (Lipinski definition) is 3. The van der Waals surface area contributed by atoms with E-state index < -0.39 is 5.91 Å². The van der Waals surface area contributed by atoms with E-state index in [0.717, 1.165) is 18.5 Å². The van der Waals surface area contributed by atoms with Gasteiger partial charge in [0.2, 0.25) is 5.91 Å². The van der Waals surface area contributed by atoms with Gasteiger partial charge in [0.25, 0.3) is 0 Å². The van der Waals surface area contributed by atoms with E-state index in [-0.39, 0.29) is 24.9 Å². The number of rotatable bonds is 8. The van der Waals surface area contributed by atoms with Crippen molar-refractivity contribution in [2.75, 3.05) is 13.2 Å². The first kappa shape index (κ1) is 15.4. The first-order valence-corrected chi connectivity index (χ1v) is 6.48. The number of nitrogens with one attached hydrogen (secondary N) is 1. The fourth-order valence-electron chi connectivity index (χ4n) is 1.72. The van der Waals surface area contributed by atoms with Gasteiger partial charge in [-0.1, -0.05) is 13.0 Å². The minimum absolute atomic E-state index is 0.0594. The third kappa shape index (κ3) is 5.26. The molecule has 0 saturated heterocycles. The number of carbonyl (C=O) groups excluding carboxylic acids is 1. The second kappa shape index (κ2) is 7.74. The van der Waals surface area contributed by atoms with Crippen LogP contribution in [0.5, 0.6) is 5.75 Å². The molecule has 1 amide bonds. The maximum absolute atomic E-state index is 13.3. The van der Waals surface area contributed by atoms with Gasteiger partial charge >= 0.3 is 0 Å². The summed E-state index contributed by atoms with van der Waals surface area (Å²) in [6, 6.07) is 4.49. The second-order valence-electron chi connectivity index (χ2n) is 4.42. The summed E-state index contributed by atoms with van der Waals surface area (Å²) >= 11 is 0. The van der Waals surface area contributed by atoms with Gasteiger partial charge in [-0.15, -0.1) is 0 Å². The van der Waals surface area contributed by atoms with Crippen molar-refractivity contribution in [2.45, 2.75) is 32.7 Å². The Morgan fingerprint density at radius 3 is 2.89 bits per heavy atom. The molecular weight excluding hydrogens is 247 g/mol. The van der Waals surface area contributed by atoms with Gasteiger partial charge in [-0.3, -0.25) is 4.79 Å². The first-order chi connectivity index (χ1) is 9.04. The van der Waals surface area contributed by atoms with E-state index in [1.54, 1.807) is 6.07 Å². The third-order valence-corrected chi connectivity index (χ3v) is 2.75. The van der Waals surface area contributed by atoms with Gasteiger partial charge < -0.3 is 15.8 Å². The van der Waals surface area contributed by atoms with Crippen LogP contribution in [0.2, 0.25) is 0 Å². The zero-order valence-electron chi connectivity index (χ0n) is 11.4. The Morgan fingerprint density at radius 2 is 2.26 bits per heavy atom. The van der Waals surface area contributed by atoms with Crippen molar-refractivity contribution >= 4 is 5.91 Å². The van der Waals surface area contributed by atoms with Gasteiger partial charge in [0.05, 0.1) is 13.0 Å². The summed E-state index contributed by atoms with van der Waals surface area (Å²) in [6.45, 7) is 5.10. The lowest BCUT2D eigenvalue weighted by Crippen LogP contribution is -2.20. The summed E-state index contributed by atoms with van der Waals surface area (Å²) < 4.78 is 18.7. The van der Waals surface area contributed by atoms with Crippen molar-refractivity contribution in [3.63, 3.8) is 0 Å². The molecule has 5 heteroatoms. The van der Waals surface area contributed by atoms with Gasteiger partial charge in [0.15, 0.2) is 0 Å². The molecule has 0 fully saturated rings. The average Bonchev–Trinajstić information content (AvgIpc) is 2.35. The molecule has 0 heterocycles. The molecule has 1 aromatic carbocycles. The van der Waals surface area contributed by atoms with Crippen LogP contribution in [0.25, 0.3) is 0 Å². The van der Waals surface area contributed by atoms with Crippen LogP contribution in [0, 0.1) is 5.82 Å². The van der Waals surface area contributed by atoms with Crippen molar-refractivity contribution in [2.24, 2.45) is 5.73 Å². The van der Waals surface area contributed by atoms with Crippen molar-refractivity contribution in [1.82, 2.24) is 5.32 Å². The van der Waals surface area contributed by atoms with Crippen LogP contribution in [0.4, 0.5) is 4.39 Å². The van der Waals surface area contributed by atoms with Crippen LogP contribution in [0.15, 0.2) is 18.2 Å². The summed E-state index contributed by atoms with van der Waals surface area (Å²) in [5.41, 5.74) is 5.92. The molecule has 0 aliphatic heterocycles. The maximum Gasteiger partial charge on any atom is 0.220 e. The largest absolute Gasteiger partial charge is 0.493 e. The fourth-order valence-corrected chi connectivity index (χ4v) is 1.72. The molecule has 0 radical (unpaired) electrons. The zero-order chi connectivity index (χ0) is 14.3. The lowest BCUT2D eigenvalue weighted by atomic mass is 10.1. The Bertz CT molecular complexity index is 424. The number of amides is 1. The Morgan fingerprint density at radius 1 is 1.53 bits per heavy atom. The highest BCUT2D eigenvalue weighted by Crippen LogP contribution is 2.26. The van der Waals surface area contributed by atoms with Gasteiger partial charge in [-0.25, -0.2) is 4.39 Å². The molecule has 1 atom stereocenters. The number of primary amides is 1. The summed E-state index contributed by atoms with van der Waals surface area (Å²) in [7, 11) is 0. The lowest BCUT2D eigenvalue weighted by molar-refractivity contribution is -0.118. The van der Waals surface area contributed by atoms with Crippen LogP contribution in [-0.4, -0.2) is 19.1 Å². The molecule has 0 aromatic heterocycles. The van der Waals surface area contributed by atoms with Crippen LogP contribution in [0.3, 0.4) is 0 Å². The van der Waals surface area contributed by atoms with E-state index in [1.165, 1.54) is 12.1 Å². The Kier molecular flexibility index (Phi) is 6.29. The highest BCUT2D eigenvalue weighted by Gasteiger charge is 2.12. The quantitative estimate of drug-likeness (QED) is 0.759. The molecule has 3 N–H and O–H groups in total. The van der Waals surface area contributed by atoms with Crippen LogP contribution < -0.4 is 15.8 Å². The maximum atomic E-state index is 13.3. The highest BCUT2D eigenvalue weighted by molar-refractivity contribution is 5.73. The molecule has 1 aromatic rings. The fraction of sp³-hybridized carbons (Fsp3) is 0.500. The molecule has 1 rings (SSSR count). The second-order valence-corrected chi connectivity index (χ2v) is 4.42. The molecular formula is C14H21FN2O2. The Hall–Kier alpha value is -1.62. The molecule has 0 saturated carbocycles. The van der Waals surface area contributed by atoms with Crippen molar-refractivity contribution in [1.29, 1.82) is 0 Å². The molecule has 106 valence electrons. The standard InChI is InChI=1S/C14H21FN2O2/c1-3-7-17-10(2)12-5-4-11(15)9-13(12)19-8-6-14(16)18/h4-5,9-10,17H,3,6-8H2,1-2H3,(H2,16,18). The summed E-state index contributed by atoms with van der Waals surface area (Å²) in [4.78, 5) is 10.7. The van der Waals surface area contributed by atoms with E-state index in [0.29, 0.717) is 5.75 Å². The van der Waals surface area contributed by atoms with E-state index in [2.05, 4.69) is 12.2 Å². The van der Waals surface area contributed by atoms with E-state index in [1.807, 2.05) is 6.92 Å². The van der Waals surface area contributed by atoms with E-state index in [4.69, 9.17) is 10.5 Å². The predicted octanol–water partition coefficient (Wildman–Crippen LogP) is 2.14. The molecule has 0 bridgehead atoms. The summed E-state index contributed by atoms with van der Waals surface area (Å²) in [5, 5.41) is 3.31. The molecule has 0 aliphatic rings. The summed E-state index contributed by atoms with van der Waals surface area (Å²) in [5.74, 6) is -0.340. The van der Waals surface area contributed by atoms with Crippen LogP contribution >= 0.6 is 0 Å². The summed E-state index contributed by atoms with van der Waals surface area (Å²) in [6.07, 6.45) is 1.14. The number of nitrogens with two attached hydrogens (primary N) is 1. The molecule has 1 unspecified atom stereocenters. The van der Waals surface area contributed by atoms with Crippen molar-refractivity contribution in [3.05, 3.63) is 29.6 Å². The van der Waals surface area contributed by atoms with Gasteiger partial charge in [0.1, 0.15) is 11.6 Å². The molecule has 4 nitrogen and oxygen atoms in total. The Labute approximate surface area is 113 Å². The van der Waals surface area contributed by atoms with Crippen molar-refractivity contribution < 1.29 is 13.9 Å². The van der Waals surface area contributed by atoms with Crippen LogP contribution in [0.1, 0.15) is 38.3 Å². The highest BCUT2D eigenvalue weighted by atomic mass is 19.1. The van der Waals surface area contributed by atoms with Crippen LogP contribution in [-0.2, 0) is 4.79 Å². The molecule has 0 spiro atoms. The normalized spacial score (nSPS) is 12.2. The number of ether oxygens (including phenoxy) is 1. The van der Waals surface area contributed by atoms with E-state index >= 15 is 0 Å². The van der Waals surface area contributed by atoms with Gasteiger partial charge in [-0.2, -0.15) is 0 Å². The predicted molar refractivity (Wildman–Crippen MR) is 72.4 cm³/mol. The smallest absolute Gasteiger partial charge is 0.220 e. The topological polar surface area (TPSA) is 64.3 Å². The third-order valence-electron chi connectivity index (χ3n) is 2.75. The number of carbonyl (C=O) groups is 1. The number of hydrogen-bond donors (Lipinski definition) is 2. The first-order valence-electron chi connectivity index (χ1n) is 6.48. The zero-order valence-corrected chi connectivity index (χ0v) is 11.4. The minimum Gasteiger partial charge on any atom is -0.493 e. The van der Waals surface area contributed by atoms with Crippen molar-refractivity contribution in [3.8, 4) is 5.75 Å². The lowest BCUT2D eigenvalue weighted by Gasteiger charge is -2.18. The minimum atomic E-state index is -0.435. The van der Waals surface area contributed by atoms with E-state index in [9.17, 15) is 9.18 Å². The number of benzene rings is 1.